The second-order valence-corrected chi connectivity index (χ2v) is 8.33. The number of benzene rings is 1. The van der Waals surface area contributed by atoms with Gasteiger partial charge in [0.05, 0.1) is 10.3 Å². The minimum atomic E-state index is -0.802. The van der Waals surface area contributed by atoms with Gasteiger partial charge in [-0.05, 0) is 43.2 Å². The zero-order valence-corrected chi connectivity index (χ0v) is 15.4. The van der Waals surface area contributed by atoms with Crippen molar-refractivity contribution < 1.29 is 14.5 Å². The molecule has 0 aliphatic heterocycles. The Morgan fingerprint density at radius 1 is 1.20 bits per heavy atom. The number of ketones is 1. The summed E-state index contributed by atoms with van der Waals surface area (Å²) in [5, 5.41) is 14.2. The van der Waals surface area contributed by atoms with Crippen LogP contribution in [0.5, 0.6) is 0 Å². The maximum atomic E-state index is 13.2. The Hall–Kier alpha value is -2.24. The SMILES string of the molecule is Cc1cc(C)c(NC(=O)C23CCC(C)(C(=O)C2)C3(C)C)c([N+](=O)[O-])c1. The van der Waals surface area contributed by atoms with E-state index in [1.165, 1.54) is 6.07 Å². The van der Waals surface area contributed by atoms with Gasteiger partial charge >= 0.3 is 0 Å². The van der Waals surface area contributed by atoms with Crippen molar-refractivity contribution in [3.05, 3.63) is 33.4 Å². The van der Waals surface area contributed by atoms with E-state index < -0.39 is 21.2 Å². The van der Waals surface area contributed by atoms with Crippen molar-refractivity contribution in [2.24, 2.45) is 16.2 Å². The van der Waals surface area contributed by atoms with E-state index in [-0.39, 0.29) is 29.5 Å². The number of nitro benzene ring substituents is 1. The van der Waals surface area contributed by atoms with Crippen LogP contribution in [0.3, 0.4) is 0 Å². The Morgan fingerprint density at radius 3 is 2.32 bits per heavy atom. The van der Waals surface area contributed by atoms with E-state index >= 15 is 0 Å². The average molecular weight is 344 g/mol. The molecule has 6 nitrogen and oxygen atoms in total. The number of carbonyl (C=O) groups excluding carboxylic acids is 2. The van der Waals surface area contributed by atoms with E-state index in [4.69, 9.17) is 0 Å². The van der Waals surface area contributed by atoms with Crippen LogP contribution in [0.1, 0.15) is 51.2 Å². The van der Waals surface area contributed by atoms with Crippen LogP contribution in [0.2, 0.25) is 0 Å². The molecule has 1 aromatic carbocycles. The van der Waals surface area contributed by atoms with Crippen molar-refractivity contribution in [1.29, 1.82) is 0 Å². The summed E-state index contributed by atoms with van der Waals surface area (Å²) in [5.74, 6) is -0.156. The van der Waals surface area contributed by atoms with Crippen LogP contribution in [-0.2, 0) is 9.59 Å². The van der Waals surface area contributed by atoms with Crippen molar-refractivity contribution in [2.45, 2.75) is 53.9 Å². The first-order valence-electron chi connectivity index (χ1n) is 8.57. The number of aryl methyl sites for hydroxylation is 2. The van der Waals surface area contributed by atoms with Gasteiger partial charge in [0, 0.05) is 17.9 Å². The van der Waals surface area contributed by atoms with Gasteiger partial charge in [0.2, 0.25) is 5.91 Å². The lowest BCUT2D eigenvalue weighted by Gasteiger charge is -2.38. The number of hydrogen-bond donors (Lipinski definition) is 1. The highest BCUT2D eigenvalue weighted by Gasteiger charge is 2.72. The second kappa shape index (κ2) is 5.13. The highest BCUT2D eigenvalue weighted by atomic mass is 16.6. The fourth-order valence-electron chi connectivity index (χ4n) is 4.85. The molecule has 0 heterocycles. The number of nitrogens with one attached hydrogen (secondary N) is 1. The molecule has 1 aromatic rings. The normalized spacial score (nSPS) is 29.7. The Morgan fingerprint density at radius 2 is 1.84 bits per heavy atom. The molecule has 2 aliphatic carbocycles. The Labute approximate surface area is 147 Å². The predicted molar refractivity (Wildman–Crippen MR) is 94.4 cm³/mol. The third kappa shape index (κ3) is 2.09. The molecule has 134 valence electrons. The van der Waals surface area contributed by atoms with Gasteiger partial charge in [0.25, 0.3) is 5.69 Å². The summed E-state index contributed by atoms with van der Waals surface area (Å²) >= 11 is 0. The van der Waals surface area contributed by atoms with Crippen molar-refractivity contribution in [3.63, 3.8) is 0 Å². The molecule has 1 amide bonds. The summed E-state index contributed by atoms with van der Waals surface area (Å²) in [6, 6.07) is 3.27. The minimum Gasteiger partial charge on any atom is -0.320 e. The summed E-state index contributed by atoms with van der Waals surface area (Å²) in [4.78, 5) is 36.7. The second-order valence-electron chi connectivity index (χ2n) is 8.33. The number of anilines is 1. The van der Waals surface area contributed by atoms with Crippen LogP contribution in [0.25, 0.3) is 0 Å². The van der Waals surface area contributed by atoms with E-state index in [0.29, 0.717) is 18.4 Å². The van der Waals surface area contributed by atoms with Gasteiger partial charge in [0.15, 0.2) is 0 Å². The third-order valence-electron chi connectivity index (χ3n) is 7.03. The highest BCUT2D eigenvalue weighted by molar-refractivity contribution is 6.05. The molecule has 25 heavy (non-hydrogen) atoms. The standard InChI is InChI=1S/C19H24N2O4/c1-11-8-12(2)15(13(9-11)21(24)25)20-16(23)19-7-6-18(5,14(22)10-19)17(19,3)4/h8-9H,6-7,10H2,1-5H3,(H,20,23). The van der Waals surface area contributed by atoms with Gasteiger partial charge in [0.1, 0.15) is 11.5 Å². The first kappa shape index (κ1) is 17.6. The molecule has 2 atom stereocenters. The number of nitro groups is 1. The molecule has 0 saturated heterocycles. The molecule has 2 bridgehead atoms. The quantitative estimate of drug-likeness (QED) is 0.664. The monoisotopic (exact) mass is 344 g/mol. The van der Waals surface area contributed by atoms with Crippen LogP contribution < -0.4 is 5.32 Å². The van der Waals surface area contributed by atoms with Gasteiger partial charge < -0.3 is 5.32 Å². The van der Waals surface area contributed by atoms with Crippen LogP contribution in [0.4, 0.5) is 11.4 Å². The zero-order chi connectivity index (χ0) is 18.8. The summed E-state index contributed by atoms with van der Waals surface area (Å²) in [7, 11) is 0. The maximum absolute atomic E-state index is 13.2. The summed E-state index contributed by atoms with van der Waals surface area (Å²) < 4.78 is 0. The highest BCUT2D eigenvalue weighted by Crippen LogP contribution is 2.70. The van der Waals surface area contributed by atoms with E-state index in [2.05, 4.69) is 5.32 Å². The van der Waals surface area contributed by atoms with Crippen molar-refractivity contribution in [1.82, 2.24) is 0 Å². The maximum Gasteiger partial charge on any atom is 0.293 e. The van der Waals surface area contributed by atoms with Crippen LogP contribution in [0.15, 0.2) is 12.1 Å². The molecule has 0 radical (unpaired) electrons. The molecule has 3 rings (SSSR count). The number of carbonyl (C=O) groups is 2. The Kier molecular flexibility index (Phi) is 3.61. The van der Waals surface area contributed by atoms with Crippen LogP contribution >= 0.6 is 0 Å². The van der Waals surface area contributed by atoms with E-state index in [9.17, 15) is 19.7 Å². The van der Waals surface area contributed by atoms with Crippen molar-refractivity contribution in [2.75, 3.05) is 5.32 Å². The van der Waals surface area contributed by atoms with Crippen LogP contribution in [0, 0.1) is 40.2 Å². The molecule has 0 spiro atoms. The van der Waals surface area contributed by atoms with Crippen molar-refractivity contribution in [3.8, 4) is 0 Å². The molecule has 2 unspecified atom stereocenters. The Bertz CT molecular complexity index is 814. The third-order valence-corrected chi connectivity index (χ3v) is 7.03. The average Bonchev–Trinajstić information content (AvgIpc) is 2.79. The molecule has 0 aromatic heterocycles. The van der Waals surface area contributed by atoms with Gasteiger partial charge in [-0.1, -0.05) is 26.8 Å². The minimum absolute atomic E-state index is 0.106. The first-order chi connectivity index (χ1) is 11.5. The predicted octanol–water partition coefficient (Wildman–Crippen LogP) is 3.94. The Balaban J connectivity index is 2.03. The molecule has 6 heteroatoms. The molecule has 1 N–H and O–H groups in total. The molecular formula is C19H24N2O4. The number of rotatable bonds is 3. The van der Waals surface area contributed by atoms with E-state index in [1.54, 1.807) is 13.8 Å². The largest absolute Gasteiger partial charge is 0.320 e. The smallest absolute Gasteiger partial charge is 0.293 e. The van der Waals surface area contributed by atoms with E-state index in [0.717, 1.165) is 5.56 Å². The van der Waals surface area contributed by atoms with Gasteiger partial charge in [-0.3, -0.25) is 19.7 Å². The van der Waals surface area contributed by atoms with Gasteiger partial charge in [-0.2, -0.15) is 0 Å². The van der Waals surface area contributed by atoms with Gasteiger partial charge in [-0.25, -0.2) is 0 Å². The van der Waals surface area contributed by atoms with E-state index in [1.807, 2.05) is 26.8 Å². The summed E-state index contributed by atoms with van der Waals surface area (Å²) in [6.45, 7) is 9.42. The number of fused-ring (bicyclic) bond motifs is 2. The number of hydrogen-bond acceptors (Lipinski definition) is 4. The lowest BCUT2D eigenvalue weighted by Crippen LogP contribution is -2.43. The zero-order valence-electron chi connectivity index (χ0n) is 15.4. The lowest BCUT2D eigenvalue weighted by molar-refractivity contribution is -0.384. The fourth-order valence-corrected chi connectivity index (χ4v) is 4.85. The molecule has 2 aliphatic rings. The van der Waals surface area contributed by atoms with Crippen molar-refractivity contribution >= 4 is 23.1 Å². The lowest BCUT2D eigenvalue weighted by atomic mass is 9.64. The number of nitrogens with zero attached hydrogens (tertiary/aromatic N) is 1. The molecular weight excluding hydrogens is 320 g/mol. The topological polar surface area (TPSA) is 89.3 Å². The summed E-state index contributed by atoms with van der Waals surface area (Å²) in [5.41, 5.74) is -0.231. The van der Waals surface area contributed by atoms with Crippen LogP contribution in [-0.4, -0.2) is 16.6 Å². The fraction of sp³-hybridized carbons (Fsp3) is 0.579. The summed E-state index contributed by atoms with van der Waals surface area (Å²) in [6.07, 6.45) is 1.52. The molecule has 2 saturated carbocycles. The number of Topliss-reactive ketones (excluding diaryl/α,β-unsaturated/α-hetero) is 1. The first-order valence-corrected chi connectivity index (χ1v) is 8.57. The molecule has 2 fully saturated rings. The van der Waals surface area contributed by atoms with Gasteiger partial charge in [-0.15, -0.1) is 0 Å². The number of amides is 1.